The Morgan fingerprint density at radius 2 is 1.59 bits per heavy atom. The first-order chi connectivity index (χ1) is 10.5. The zero-order chi connectivity index (χ0) is 15.7. The maximum atomic E-state index is 11.6. The van der Waals surface area contributed by atoms with Gasteiger partial charge >= 0.3 is 143 Å². The molecule has 0 amide bonds. The summed E-state index contributed by atoms with van der Waals surface area (Å²) >= 11 is 7.54. The molecule has 0 aliphatic carbocycles. The molecule has 2 aromatic carbocycles. The van der Waals surface area contributed by atoms with E-state index in [1.54, 1.807) is 35.2 Å². The van der Waals surface area contributed by atoms with Crippen molar-refractivity contribution in [2.45, 2.75) is 5.60 Å². The SMILES string of the molecule is Cn1ccnc1C(O)(c1ccc(Cl)cc1)c1ccc([AsH2])cc1. The van der Waals surface area contributed by atoms with Gasteiger partial charge in [0.15, 0.2) is 0 Å². The summed E-state index contributed by atoms with van der Waals surface area (Å²) in [4.78, 5) is 4.37. The zero-order valence-electron chi connectivity index (χ0n) is 12.1. The van der Waals surface area contributed by atoms with E-state index in [4.69, 9.17) is 11.6 Å². The summed E-state index contributed by atoms with van der Waals surface area (Å²) in [6.45, 7) is 0. The number of nitrogens with zero attached hydrogens (tertiary/aromatic N) is 2. The molecule has 2 unspecified atom stereocenters. The standard InChI is InChI=1S/C17H16AsClN2O/c1-21-11-10-20-16(21)17(22,12-2-6-14(18)7-3-12)13-4-8-15(19)9-5-13/h2-11,22H,18H2,1H3. The molecule has 3 rings (SSSR count). The van der Waals surface area contributed by atoms with Gasteiger partial charge in [-0.25, -0.2) is 0 Å². The fourth-order valence-corrected chi connectivity index (χ4v) is 3.08. The Bertz CT molecular complexity index is 736. The van der Waals surface area contributed by atoms with Gasteiger partial charge in [-0.05, 0) is 0 Å². The molecule has 1 N–H and O–H groups in total. The van der Waals surface area contributed by atoms with E-state index in [0.717, 1.165) is 11.1 Å². The van der Waals surface area contributed by atoms with Gasteiger partial charge in [-0.2, -0.15) is 0 Å². The van der Waals surface area contributed by atoms with Crippen LogP contribution in [0.3, 0.4) is 0 Å². The summed E-state index contributed by atoms with van der Waals surface area (Å²) < 4.78 is 3.04. The van der Waals surface area contributed by atoms with E-state index in [2.05, 4.69) is 4.98 Å². The van der Waals surface area contributed by atoms with Crippen LogP contribution in [0.2, 0.25) is 5.02 Å². The molecule has 1 heterocycles. The van der Waals surface area contributed by atoms with Crippen molar-refractivity contribution in [3.8, 4) is 0 Å². The summed E-state index contributed by atoms with van der Waals surface area (Å²) in [6, 6.07) is 15.1. The Labute approximate surface area is 143 Å². The Morgan fingerprint density at radius 3 is 2.09 bits per heavy atom. The minimum absolute atomic E-state index is 0.573. The quantitative estimate of drug-likeness (QED) is 0.708. The van der Waals surface area contributed by atoms with Gasteiger partial charge in [0.2, 0.25) is 0 Å². The summed E-state index contributed by atoms with van der Waals surface area (Å²) in [5.41, 5.74) is 0.204. The number of halogens is 1. The zero-order valence-corrected chi connectivity index (χ0v) is 15.2. The van der Waals surface area contributed by atoms with Gasteiger partial charge in [0.25, 0.3) is 0 Å². The van der Waals surface area contributed by atoms with E-state index in [0.29, 0.717) is 10.8 Å². The molecule has 0 saturated carbocycles. The fraction of sp³-hybridized carbons (Fsp3) is 0.118. The second-order valence-corrected chi connectivity index (χ2v) is 7.04. The van der Waals surface area contributed by atoms with Gasteiger partial charge in [0.05, 0.1) is 0 Å². The molecular weight excluding hydrogens is 359 g/mol. The van der Waals surface area contributed by atoms with E-state index >= 15 is 0 Å². The number of benzene rings is 2. The minimum atomic E-state index is -1.32. The van der Waals surface area contributed by atoms with Crippen molar-refractivity contribution < 1.29 is 5.11 Å². The average Bonchev–Trinajstić information content (AvgIpc) is 2.94. The van der Waals surface area contributed by atoms with Crippen LogP contribution in [-0.4, -0.2) is 31.5 Å². The molecule has 112 valence electrons. The van der Waals surface area contributed by atoms with Crippen LogP contribution in [0, 0.1) is 0 Å². The number of hydrogen-bond acceptors (Lipinski definition) is 2. The van der Waals surface area contributed by atoms with Crippen LogP contribution in [0.5, 0.6) is 0 Å². The molecule has 1 aromatic heterocycles. The fourth-order valence-electron chi connectivity index (χ4n) is 2.55. The van der Waals surface area contributed by atoms with Crippen molar-refractivity contribution in [3.63, 3.8) is 0 Å². The van der Waals surface area contributed by atoms with Crippen molar-refractivity contribution >= 4 is 32.8 Å². The predicted molar refractivity (Wildman–Crippen MR) is 91.4 cm³/mol. The molecule has 3 nitrogen and oxygen atoms in total. The first-order valence-electron chi connectivity index (χ1n) is 6.84. The monoisotopic (exact) mass is 374 g/mol. The van der Waals surface area contributed by atoms with Gasteiger partial charge in [0.1, 0.15) is 0 Å². The number of aromatic nitrogens is 2. The van der Waals surface area contributed by atoms with Crippen molar-refractivity contribution in [1.82, 2.24) is 9.55 Å². The molecule has 0 spiro atoms. The Hall–Kier alpha value is -1.54. The molecule has 0 radical (unpaired) electrons. The number of rotatable bonds is 3. The second kappa shape index (κ2) is 5.92. The third kappa shape index (κ3) is 2.61. The van der Waals surface area contributed by atoms with Crippen LogP contribution in [0.1, 0.15) is 17.0 Å². The summed E-state index contributed by atoms with van der Waals surface area (Å²) in [7, 11) is 1.88. The molecule has 0 fully saturated rings. The Balaban J connectivity index is 2.24. The molecular formula is C17H16AsClN2O. The Kier molecular flexibility index (Phi) is 4.13. The van der Waals surface area contributed by atoms with E-state index in [1.807, 2.05) is 54.2 Å². The van der Waals surface area contributed by atoms with Gasteiger partial charge in [-0.1, -0.05) is 0 Å². The maximum absolute atomic E-state index is 11.6. The number of imidazole rings is 1. The van der Waals surface area contributed by atoms with Crippen LogP contribution in [-0.2, 0) is 12.6 Å². The molecule has 22 heavy (non-hydrogen) atoms. The van der Waals surface area contributed by atoms with E-state index in [9.17, 15) is 5.11 Å². The van der Waals surface area contributed by atoms with Gasteiger partial charge < -0.3 is 0 Å². The molecule has 3 aromatic rings. The number of hydrogen-bond donors (Lipinski definition) is 1. The molecule has 0 aliphatic rings. The van der Waals surface area contributed by atoms with Crippen molar-refractivity contribution in [3.05, 3.63) is 82.9 Å². The van der Waals surface area contributed by atoms with Crippen LogP contribution in [0.4, 0.5) is 0 Å². The van der Waals surface area contributed by atoms with E-state index in [1.165, 1.54) is 4.35 Å². The molecule has 0 bridgehead atoms. The molecule has 0 aliphatic heterocycles. The van der Waals surface area contributed by atoms with E-state index < -0.39 is 5.60 Å². The Morgan fingerprint density at radius 1 is 1.05 bits per heavy atom. The van der Waals surface area contributed by atoms with Gasteiger partial charge in [-0.3, -0.25) is 0 Å². The second-order valence-electron chi connectivity index (χ2n) is 5.20. The third-order valence-corrected chi connectivity index (χ3v) is 4.79. The molecule has 2 atom stereocenters. The summed E-state index contributed by atoms with van der Waals surface area (Å²) in [6.07, 6.45) is 3.51. The van der Waals surface area contributed by atoms with Gasteiger partial charge in [-0.15, -0.1) is 0 Å². The van der Waals surface area contributed by atoms with Crippen LogP contribution in [0.25, 0.3) is 0 Å². The first kappa shape index (κ1) is 15.4. The van der Waals surface area contributed by atoms with Crippen LogP contribution < -0.4 is 4.35 Å². The third-order valence-electron chi connectivity index (χ3n) is 3.74. The van der Waals surface area contributed by atoms with Crippen LogP contribution >= 0.6 is 11.6 Å². The van der Waals surface area contributed by atoms with Crippen molar-refractivity contribution in [2.24, 2.45) is 7.05 Å². The van der Waals surface area contributed by atoms with E-state index in [-0.39, 0.29) is 0 Å². The topological polar surface area (TPSA) is 38.0 Å². The summed E-state index contributed by atoms with van der Waals surface area (Å²) in [5.74, 6) is 0.573. The molecule has 0 saturated heterocycles. The predicted octanol–water partition coefficient (Wildman–Crippen LogP) is 1.62. The molecule has 5 heteroatoms. The number of aryl methyl sites for hydroxylation is 1. The van der Waals surface area contributed by atoms with Crippen molar-refractivity contribution in [2.75, 3.05) is 0 Å². The summed E-state index contributed by atoms with van der Waals surface area (Å²) in [5, 5.41) is 12.2. The normalized spacial score (nSPS) is 13.8. The van der Waals surface area contributed by atoms with Crippen LogP contribution in [0.15, 0.2) is 60.9 Å². The first-order valence-corrected chi connectivity index (χ1v) is 8.43. The number of aliphatic hydroxyl groups is 1. The average molecular weight is 375 g/mol. The van der Waals surface area contributed by atoms with Gasteiger partial charge in [0, 0.05) is 0 Å². The van der Waals surface area contributed by atoms with Crippen molar-refractivity contribution in [1.29, 1.82) is 0 Å².